The molecule has 2 unspecified atom stereocenters. The van der Waals surface area contributed by atoms with E-state index in [0.29, 0.717) is 10.5 Å². The predicted octanol–water partition coefficient (Wildman–Crippen LogP) is 3.65. The lowest BCUT2D eigenvalue weighted by molar-refractivity contribution is 0.0169. The first-order chi connectivity index (χ1) is 9.95. The van der Waals surface area contributed by atoms with Crippen LogP contribution in [0.5, 0.6) is 5.75 Å². The molecule has 1 aromatic rings. The lowest BCUT2D eigenvalue weighted by atomic mass is 10.2. The zero-order valence-corrected chi connectivity index (χ0v) is 13.8. The van der Waals surface area contributed by atoms with E-state index in [1.165, 1.54) is 6.07 Å². The molecule has 1 aromatic carbocycles. The minimum atomic E-state index is -0.964. The van der Waals surface area contributed by atoms with Gasteiger partial charge in [0.05, 0.1) is 12.2 Å². The Morgan fingerprint density at radius 2 is 2.05 bits per heavy atom. The number of rotatable bonds is 6. The van der Waals surface area contributed by atoms with Crippen LogP contribution in [-0.2, 0) is 4.74 Å². The first kappa shape index (κ1) is 16.6. The van der Waals surface area contributed by atoms with Crippen LogP contribution >= 0.6 is 15.9 Å². The van der Waals surface area contributed by atoms with E-state index in [1.54, 1.807) is 0 Å². The Kier molecular flexibility index (Phi) is 5.96. The molecule has 3 nitrogen and oxygen atoms in total. The zero-order chi connectivity index (χ0) is 15.4. The van der Waals surface area contributed by atoms with Crippen LogP contribution in [0.25, 0.3) is 0 Å². The zero-order valence-electron chi connectivity index (χ0n) is 12.2. The summed E-state index contributed by atoms with van der Waals surface area (Å²) in [6.07, 6.45) is 1.89. The highest BCUT2D eigenvalue weighted by Gasteiger charge is 2.26. The Morgan fingerprint density at radius 3 is 2.76 bits per heavy atom. The molecule has 2 atom stereocenters. The number of nitrogens with one attached hydrogen (secondary N) is 1. The summed E-state index contributed by atoms with van der Waals surface area (Å²) in [6.45, 7) is 5.19. The Bertz CT molecular complexity index is 485. The van der Waals surface area contributed by atoms with Crippen LogP contribution in [0, 0.1) is 11.6 Å². The van der Waals surface area contributed by atoms with Gasteiger partial charge in [-0.15, -0.1) is 0 Å². The molecule has 0 aliphatic carbocycles. The SMILES string of the molecule is CC(C)NCC1CCC(COc2cc(Br)cc(F)c2F)O1. The number of halogens is 3. The summed E-state index contributed by atoms with van der Waals surface area (Å²) in [5, 5.41) is 3.32. The quantitative estimate of drug-likeness (QED) is 0.782. The molecule has 118 valence electrons. The van der Waals surface area contributed by atoms with Gasteiger partial charge in [0.15, 0.2) is 11.6 Å². The van der Waals surface area contributed by atoms with Gasteiger partial charge in [-0.1, -0.05) is 29.8 Å². The van der Waals surface area contributed by atoms with Gasteiger partial charge in [-0.2, -0.15) is 4.39 Å². The van der Waals surface area contributed by atoms with Gasteiger partial charge in [0, 0.05) is 17.1 Å². The first-order valence-electron chi connectivity index (χ1n) is 7.12. The highest BCUT2D eigenvalue weighted by Crippen LogP contribution is 2.27. The standard InChI is InChI=1S/C15H20BrF2NO2/c1-9(2)19-7-11-3-4-12(21-11)8-20-14-6-10(16)5-13(17)15(14)18/h5-6,9,11-12,19H,3-4,7-8H2,1-2H3. The summed E-state index contributed by atoms with van der Waals surface area (Å²) >= 11 is 3.12. The average molecular weight is 364 g/mol. The van der Waals surface area contributed by atoms with E-state index < -0.39 is 11.6 Å². The van der Waals surface area contributed by atoms with Gasteiger partial charge in [-0.05, 0) is 25.0 Å². The molecule has 0 amide bonds. The van der Waals surface area contributed by atoms with E-state index in [-0.39, 0.29) is 24.6 Å². The third-order valence-corrected chi connectivity index (χ3v) is 3.79. The van der Waals surface area contributed by atoms with Crippen molar-refractivity contribution in [2.45, 2.75) is 44.9 Å². The lowest BCUT2D eigenvalue weighted by Gasteiger charge is -2.16. The molecule has 1 fully saturated rings. The van der Waals surface area contributed by atoms with Crippen molar-refractivity contribution < 1.29 is 18.3 Å². The van der Waals surface area contributed by atoms with Gasteiger partial charge < -0.3 is 14.8 Å². The second-order valence-corrected chi connectivity index (χ2v) is 6.45. The van der Waals surface area contributed by atoms with Crippen LogP contribution in [0.3, 0.4) is 0 Å². The van der Waals surface area contributed by atoms with Gasteiger partial charge in [-0.25, -0.2) is 4.39 Å². The lowest BCUT2D eigenvalue weighted by Crippen LogP contribution is -2.32. The van der Waals surface area contributed by atoms with E-state index in [4.69, 9.17) is 9.47 Å². The molecule has 1 aliphatic rings. The van der Waals surface area contributed by atoms with E-state index in [1.807, 2.05) is 0 Å². The van der Waals surface area contributed by atoms with Crippen molar-refractivity contribution in [1.82, 2.24) is 5.32 Å². The molecule has 2 rings (SSSR count). The maximum atomic E-state index is 13.6. The molecule has 0 saturated carbocycles. The molecule has 0 bridgehead atoms. The molecular weight excluding hydrogens is 344 g/mol. The molecule has 0 radical (unpaired) electrons. The molecule has 1 aliphatic heterocycles. The number of hydrogen-bond acceptors (Lipinski definition) is 3. The molecule has 1 heterocycles. The summed E-state index contributed by atoms with van der Waals surface area (Å²) in [4.78, 5) is 0. The van der Waals surface area contributed by atoms with E-state index >= 15 is 0 Å². The van der Waals surface area contributed by atoms with Gasteiger partial charge in [0.25, 0.3) is 0 Å². The van der Waals surface area contributed by atoms with Crippen molar-refractivity contribution in [3.63, 3.8) is 0 Å². The molecule has 1 N–H and O–H groups in total. The van der Waals surface area contributed by atoms with Crippen molar-refractivity contribution in [1.29, 1.82) is 0 Å². The monoisotopic (exact) mass is 363 g/mol. The molecule has 0 aromatic heterocycles. The molecule has 1 saturated heterocycles. The largest absolute Gasteiger partial charge is 0.488 e. The molecular formula is C15H20BrF2NO2. The normalized spacial score (nSPS) is 22.0. The minimum absolute atomic E-state index is 0.0783. The topological polar surface area (TPSA) is 30.5 Å². The predicted molar refractivity (Wildman–Crippen MR) is 80.6 cm³/mol. The third kappa shape index (κ3) is 4.90. The van der Waals surface area contributed by atoms with Crippen LogP contribution in [0.2, 0.25) is 0 Å². The molecule has 0 spiro atoms. The summed E-state index contributed by atoms with van der Waals surface area (Å²) in [5.74, 6) is -1.98. The highest BCUT2D eigenvalue weighted by atomic mass is 79.9. The van der Waals surface area contributed by atoms with Crippen molar-refractivity contribution in [2.75, 3.05) is 13.2 Å². The smallest absolute Gasteiger partial charge is 0.200 e. The summed E-state index contributed by atoms with van der Waals surface area (Å²) in [7, 11) is 0. The Hall–Kier alpha value is -0.720. The van der Waals surface area contributed by atoms with Crippen molar-refractivity contribution in [2.24, 2.45) is 0 Å². The Balaban J connectivity index is 1.82. The molecule has 21 heavy (non-hydrogen) atoms. The summed E-state index contributed by atoms with van der Waals surface area (Å²) in [5.41, 5.74) is 0. The fourth-order valence-corrected chi connectivity index (χ4v) is 2.65. The Morgan fingerprint density at radius 1 is 1.33 bits per heavy atom. The second-order valence-electron chi connectivity index (χ2n) is 5.53. The van der Waals surface area contributed by atoms with Gasteiger partial charge in [-0.3, -0.25) is 0 Å². The van der Waals surface area contributed by atoms with E-state index in [2.05, 4.69) is 35.1 Å². The number of ether oxygens (including phenoxy) is 2. The van der Waals surface area contributed by atoms with Crippen LogP contribution in [0.15, 0.2) is 16.6 Å². The van der Waals surface area contributed by atoms with Gasteiger partial charge >= 0.3 is 0 Å². The number of hydrogen-bond donors (Lipinski definition) is 1. The van der Waals surface area contributed by atoms with Crippen molar-refractivity contribution in [3.05, 3.63) is 28.2 Å². The third-order valence-electron chi connectivity index (χ3n) is 3.33. The second kappa shape index (κ2) is 7.51. The maximum absolute atomic E-state index is 13.6. The Labute approximate surface area is 132 Å². The van der Waals surface area contributed by atoms with Crippen LogP contribution in [-0.4, -0.2) is 31.4 Å². The van der Waals surface area contributed by atoms with Crippen LogP contribution in [0.4, 0.5) is 8.78 Å². The maximum Gasteiger partial charge on any atom is 0.200 e. The van der Waals surface area contributed by atoms with Crippen LogP contribution in [0.1, 0.15) is 26.7 Å². The molecule has 6 heteroatoms. The summed E-state index contributed by atoms with van der Waals surface area (Å²) in [6, 6.07) is 2.91. The average Bonchev–Trinajstić information content (AvgIpc) is 2.87. The van der Waals surface area contributed by atoms with Gasteiger partial charge in [0.1, 0.15) is 6.61 Å². The van der Waals surface area contributed by atoms with Crippen LogP contribution < -0.4 is 10.1 Å². The van der Waals surface area contributed by atoms with Gasteiger partial charge in [0.2, 0.25) is 5.82 Å². The van der Waals surface area contributed by atoms with Crippen molar-refractivity contribution >= 4 is 15.9 Å². The fourth-order valence-electron chi connectivity index (χ4n) is 2.24. The van der Waals surface area contributed by atoms with Crippen molar-refractivity contribution in [3.8, 4) is 5.75 Å². The van der Waals surface area contributed by atoms with E-state index in [9.17, 15) is 8.78 Å². The van der Waals surface area contributed by atoms with E-state index in [0.717, 1.165) is 25.5 Å². The first-order valence-corrected chi connectivity index (χ1v) is 7.91. The number of benzene rings is 1. The minimum Gasteiger partial charge on any atom is -0.488 e. The summed E-state index contributed by atoms with van der Waals surface area (Å²) < 4.78 is 38.5. The highest BCUT2D eigenvalue weighted by molar-refractivity contribution is 9.10. The fraction of sp³-hybridized carbons (Fsp3) is 0.600.